The first-order valence-corrected chi connectivity index (χ1v) is 4.59. The van der Waals surface area contributed by atoms with Crippen LogP contribution in [-0.2, 0) is 4.79 Å². The summed E-state index contributed by atoms with van der Waals surface area (Å²) in [4.78, 5) is 10.5. The normalized spacial score (nSPS) is 17.2. The lowest BCUT2D eigenvalue weighted by atomic mass is 10.0. The number of rotatable bonds is 4. The van der Waals surface area contributed by atoms with Crippen LogP contribution in [0.4, 0.5) is 0 Å². The summed E-state index contributed by atoms with van der Waals surface area (Å²) < 4.78 is 0. The van der Waals surface area contributed by atoms with Gasteiger partial charge in [-0.2, -0.15) is 0 Å². The van der Waals surface area contributed by atoms with Gasteiger partial charge in [-0.3, -0.25) is 4.79 Å². The molecule has 0 aliphatic heterocycles. The molecule has 0 aliphatic carbocycles. The molecule has 3 nitrogen and oxygen atoms in total. The van der Waals surface area contributed by atoms with Gasteiger partial charge < -0.3 is 10.8 Å². The molecule has 76 valence electrons. The van der Waals surface area contributed by atoms with Gasteiger partial charge in [-0.05, 0) is 12.8 Å². The quantitative estimate of drug-likeness (QED) is 0.736. The van der Waals surface area contributed by atoms with E-state index < -0.39 is 11.9 Å². The van der Waals surface area contributed by atoms with E-state index in [0.717, 1.165) is 0 Å². The minimum Gasteiger partial charge on any atom is -0.481 e. The molecular formula is C9H16ClNO2. The summed E-state index contributed by atoms with van der Waals surface area (Å²) in [5, 5.41) is 9.03. The van der Waals surface area contributed by atoms with Crippen LogP contribution in [-0.4, -0.2) is 17.1 Å². The SMILES string of the molecule is CC(C)[C@H](N)C(Cl)=C[C@@H](C)C(=O)O. The molecule has 0 saturated carbocycles. The van der Waals surface area contributed by atoms with Crippen LogP contribution in [0.2, 0.25) is 0 Å². The standard InChI is InChI=1S/C9H16ClNO2/c1-5(2)8(11)7(10)4-6(3)9(12)13/h4-6,8H,11H2,1-3H3,(H,12,13)/t6-,8+/m1/s1. The van der Waals surface area contributed by atoms with Gasteiger partial charge in [0, 0.05) is 11.1 Å². The number of halogens is 1. The van der Waals surface area contributed by atoms with E-state index in [0.29, 0.717) is 5.03 Å². The molecule has 0 aromatic carbocycles. The predicted molar refractivity (Wildman–Crippen MR) is 53.5 cm³/mol. The second-order valence-electron chi connectivity index (χ2n) is 3.45. The monoisotopic (exact) mass is 205 g/mol. The highest BCUT2D eigenvalue weighted by molar-refractivity contribution is 6.30. The third kappa shape index (κ3) is 4.29. The molecule has 0 saturated heterocycles. The Morgan fingerprint density at radius 2 is 1.92 bits per heavy atom. The lowest BCUT2D eigenvalue weighted by Gasteiger charge is -2.15. The van der Waals surface area contributed by atoms with Gasteiger partial charge in [0.05, 0.1) is 5.92 Å². The van der Waals surface area contributed by atoms with Crippen LogP contribution in [0.5, 0.6) is 0 Å². The van der Waals surface area contributed by atoms with Gasteiger partial charge in [0.25, 0.3) is 0 Å². The first-order valence-electron chi connectivity index (χ1n) is 4.21. The van der Waals surface area contributed by atoms with Crippen LogP contribution < -0.4 is 5.73 Å². The summed E-state index contributed by atoms with van der Waals surface area (Å²) in [5.74, 6) is -1.27. The lowest BCUT2D eigenvalue weighted by Crippen LogP contribution is -2.27. The largest absolute Gasteiger partial charge is 0.481 e. The average Bonchev–Trinajstić information content (AvgIpc) is 2.02. The molecule has 0 aliphatic rings. The second-order valence-corrected chi connectivity index (χ2v) is 3.88. The van der Waals surface area contributed by atoms with E-state index in [1.165, 1.54) is 6.08 Å². The lowest BCUT2D eigenvalue weighted by molar-refractivity contribution is -0.139. The van der Waals surface area contributed by atoms with Crippen LogP contribution in [0.3, 0.4) is 0 Å². The molecule has 0 aromatic heterocycles. The molecule has 3 N–H and O–H groups in total. The van der Waals surface area contributed by atoms with E-state index in [9.17, 15) is 4.79 Å². The van der Waals surface area contributed by atoms with Gasteiger partial charge in [0.15, 0.2) is 0 Å². The summed E-state index contributed by atoms with van der Waals surface area (Å²) >= 11 is 5.84. The molecule has 0 rings (SSSR count). The van der Waals surface area contributed by atoms with Crippen molar-refractivity contribution < 1.29 is 9.90 Å². The van der Waals surface area contributed by atoms with Gasteiger partial charge in [0.2, 0.25) is 0 Å². The molecule has 0 fully saturated rings. The third-order valence-electron chi connectivity index (χ3n) is 1.84. The van der Waals surface area contributed by atoms with E-state index in [4.69, 9.17) is 22.4 Å². The molecule has 0 amide bonds. The van der Waals surface area contributed by atoms with E-state index in [-0.39, 0.29) is 12.0 Å². The summed E-state index contributed by atoms with van der Waals surface area (Å²) in [6, 6.07) is -0.275. The maximum Gasteiger partial charge on any atom is 0.310 e. The Labute approximate surface area is 83.6 Å². The zero-order chi connectivity index (χ0) is 10.6. The first kappa shape index (κ1) is 12.5. The summed E-state index contributed by atoms with van der Waals surface area (Å²) in [5.41, 5.74) is 5.72. The number of carboxylic acids is 1. The van der Waals surface area contributed by atoms with Crippen molar-refractivity contribution >= 4 is 17.6 Å². The fourth-order valence-electron chi connectivity index (χ4n) is 0.740. The number of carbonyl (C=O) groups is 1. The first-order chi connectivity index (χ1) is 5.86. The van der Waals surface area contributed by atoms with Crippen LogP contribution in [0.1, 0.15) is 20.8 Å². The van der Waals surface area contributed by atoms with E-state index in [1.54, 1.807) is 6.92 Å². The molecule has 4 heteroatoms. The Kier molecular flexibility index (Phi) is 5.03. The fraction of sp³-hybridized carbons (Fsp3) is 0.667. The van der Waals surface area contributed by atoms with Crippen molar-refractivity contribution in [3.8, 4) is 0 Å². The van der Waals surface area contributed by atoms with Crippen LogP contribution >= 0.6 is 11.6 Å². The van der Waals surface area contributed by atoms with Crippen molar-refractivity contribution in [1.82, 2.24) is 0 Å². The molecule has 13 heavy (non-hydrogen) atoms. The van der Waals surface area contributed by atoms with E-state index >= 15 is 0 Å². The number of nitrogens with two attached hydrogens (primary N) is 1. The predicted octanol–water partition coefficient (Wildman–Crippen LogP) is 1.81. The van der Waals surface area contributed by atoms with Gasteiger partial charge in [0.1, 0.15) is 0 Å². The topological polar surface area (TPSA) is 63.3 Å². The third-order valence-corrected chi connectivity index (χ3v) is 2.21. The summed E-state index contributed by atoms with van der Waals surface area (Å²) in [7, 11) is 0. The van der Waals surface area contributed by atoms with Crippen LogP contribution in [0.25, 0.3) is 0 Å². The molecule has 0 heterocycles. The minimum atomic E-state index is -0.894. The second kappa shape index (κ2) is 5.25. The minimum absolute atomic E-state index is 0.213. The highest BCUT2D eigenvalue weighted by Gasteiger charge is 2.14. The van der Waals surface area contributed by atoms with Crippen LogP contribution in [0, 0.1) is 11.8 Å². The zero-order valence-electron chi connectivity index (χ0n) is 8.12. The molecule has 0 radical (unpaired) electrons. The van der Waals surface area contributed by atoms with E-state index in [2.05, 4.69) is 0 Å². The zero-order valence-corrected chi connectivity index (χ0v) is 8.88. The van der Waals surface area contributed by atoms with Crippen molar-refractivity contribution in [3.05, 3.63) is 11.1 Å². The van der Waals surface area contributed by atoms with Gasteiger partial charge in [-0.25, -0.2) is 0 Å². The van der Waals surface area contributed by atoms with Gasteiger partial charge in [-0.15, -0.1) is 0 Å². The molecule has 0 spiro atoms. The molecule has 0 unspecified atom stereocenters. The van der Waals surface area contributed by atoms with Crippen molar-refractivity contribution in [2.45, 2.75) is 26.8 Å². The molecular weight excluding hydrogens is 190 g/mol. The summed E-state index contributed by atoms with van der Waals surface area (Å²) in [6.45, 7) is 5.44. The Morgan fingerprint density at radius 3 is 2.23 bits per heavy atom. The fourth-order valence-corrected chi connectivity index (χ4v) is 1.18. The Balaban J connectivity index is 4.39. The maximum atomic E-state index is 10.5. The average molecular weight is 206 g/mol. The molecule has 2 atom stereocenters. The smallest absolute Gasteiger partial charge is 0.310 e. The maximum absolute atomic E-state index is 10.5. The van der Waals surface area contributed by atoms with E-state index in [1.807, 2.05) is 13.8 Å². The highest BCUT2D eigenvalue weighted by atomic mass is 35.5. The molecule has 0 aromatic rings. The number of carboxylic acid groups (broad SMARTS) is 1. The molecule has 0 bridgehead atoms. The van der Waals surface area contributed by atoms with Crippen molar-refractivity contribution in [1.29, 1.82) is 0 Å². The number of hydrogen-bond acceptors (Lipinski definition) is 2. The highest BCUT2D eigenvalue weighted by Crippen LogP contribution is 2.16. The Hall–Kier alpha value is -0.540. The Bertz CT molecular complexity index is 214. The Morgan fingerprint density at radius 1 is 1.46 bits per heavy atom. The van der Waals surface area contributed by atoms with Crippen LogP contribution in [0.15, 0.2) is 11.1 Å². The van der Waals surface area contributed by atoms with Gasteiger partial charge in [-0.1, -0.05) is 31.5 Å². The van der Waals surface area contributed by atoms with Gasteiger partial charge >= 0.3 is 5.97 Å². The summed E-state index contributed by atoms with van der Waals surface area (Å²) in [6.07, 6.45) is 1.48. The number of hydrogen-bond donors (Lipinski definition) is 2. The van der Waals surface area contributed by atoms with Crippen molar-refractivity contribution in [2.24, 2.45) is 17.6 Å². The number of aliphatic carboxylic acids is 1. The van der Waals surface area contributed by atoms with Crippen molar-refractivity contribution in [3.63, 3.8) is 0 Å². The van der Waals surface area contributed by atoms with Crippen molar-refractivity contribution in [2.75, 3.05) is 0 Å².